The molecule has 3 heteroatoms. The van der Waals surface area contributed by atoms with Crippen molar-refractivity contribution in [2.45, 2.75) is 31.8 Å². The van der Waals surface area contributed by atoms with Crippen molar-refractivity contribution in [2.75, 3.05) is 26.7 Å². The molecule has 1 fully saturated rings. The minimum Gasteiger partial charge on any atom is -0.324 e. The molecule has 1 heterocycles. The summed E-state index contributed by atoms with van der Waals surface area (Å²) in [6, 6.07) is 9.44. The maximum absolute atomic E-state index is 6.33. The van der Waals surface area contributed by atoms with E-state index < -0.39 is 0 Å². The van der Waals surface area contributed by atoms with Crippen LogP contribution in [0.4, 0.5) is 0 Å². The molecule has 18 heavy (non-hydrogen) atoms. The highest BCUT2D eigenvalue weighted by Gasteiger charge is 2.21. The van der Waals surface area contributed by atoms with Crippen LogP contribution in [0.3, 0.4) is 0 Å². The molecule has 0 amide bonds. The smallest absolute Gasteiger partial charge is 0.0310 e. The molecule has 2 unspecified atom stereocenters. The van der Waals surface area contributed by atoms with Gasteiger partial charge in [0.05, 0.1) is 0 Å². The zero-order valence-corrected chi connectivity index (χ0v) is 11.5. The predicted molar refractivity (Wildman–Crippen MR) is 76.7 cm³/mol. The summed E-state index contributed by atoms with van der Waals surface area (Å²) in [5.41, 5.74) is 8.96. The van der Waals surface area contributed by atoms with Crippen LogP contribution in [0.1, 0.15) is 30.5 Å². The number of aryl methyl sites for hydroxylation is 1. The maximum Gasteiger partial charge on any atom is 0.0310 e. The van der Waals surface area contributed by atoms with Gasteiger partial charge in [-0.2, -0.15) is 0 Å². The highest BCUT2D eigenvalue weighted by atomic mass is 15.2. The summed E-state index contributed by atoms with van der Waals surface area (Å²) in [7, 11) is 2.19. The molecule has 1 aliphatic heterocycles. The Bertz CT molecular complexity index is 361. The molecule has 0 aromatic heterocycles. The van der Waals surface area contributed by atoms with Crippen LogP contribution in [-0.4, -0.2) is 37.6 Å². The van der Waals surface area contributed by atoms with Crippen LogP contribution in [0.15, 0.2) is 24.3 Å². The molecule has 100 valence electrons. The molecule has 0 bridgehead atoms. The number of benzene rings is 1. The van der Waals surface area contributed by atoms with Gasteiger partial charge >= 0.3 is 0 Å². The second-order valence-electron chi connectivity index (χ2n) is 5.28. The summed E-state index contributed by atoms with van der Waals surface area (Å²) in [5, 5.41) is 3.44. The van der Waals surface area contributed by atoms with Gasteiger partial charge in [-0.1, -0.05) is 31.2 Å². The molecule has 3 nitrogen and oxygen atoms in total. The standard InChI is InChI=1S/C15H25N3/c1-3-12-4-6-13(7-5-12)15(16)10-14-11-17-8-9-18(14)2/h4-7,14-15,17H,3,8-11,16H2,1-2H3. The molecule has 2 rings (SSSR count). The lowest BCUT2D eigenvalue weighted by Gasteiger charge is -2.34. The normalized spacial score (nSPS) is 22.9. The van der Waals surface area contributed by atoms with Gasteiger partial charge in [-0.3, -0.25) is 0 Å². The van der Waals surface area contributed by atoms with Crippen LogP contribution in [0.5, 0.6) is 0 Å². The molecular formula is C15H25N3. The molecule has 0 aliphatic carbocycles. The predicted octanol–water partition coefficient (Wildman–Crippen LogP) is 1.54. The Balaban J connectivity index is 1.95. The second-order valence-corrected chi connectivity index (χ2v) is 5.28. The van der Waals surface area contributed by atoms with Crippen molar-refractivity contribution in [1.29, 1.82) is 0 Å². The van der Waals surface area contributed by atoms with E-state index in [1.807, 2.05) is 0 Å². The molecule has 0 radical (unpaired) electrons. The highest BCUT2D eigenvalue weighted by molar-refractivity contribution is 5.25. The fourth-order valence-electron chi connectivity index (χ4n) is 2.56. The van der Waals surface area contributed by atoms with Crippen LogP contribution >= 0.6 is 0 Å². The summed E-state index contributed by atoms with van der Waals surface area (Å²) >= 11 is 0. The van der Waals surface area contributed by atoms with Gasteiger partial charge in [0.1, 0.15) is 0 Å². The van der Waals surface area contributed by atoms with E-state index in [-0.39, 0.29) is 6.04 Å². The number of piperazine rings is 1. The largest absolute Gasteiger partial charge is 0.324 e. The minimum absolute atomic E-state index is 0.142. The van der Waals surface area contributed by atoms with Gasteiger partial charge in [-0.05, 0) is 31.0 Å². The molecule has 3 N–H and O–H groups in total. The van der Waals surface area contributed by atoms with E-state index in [0.717, 1.165) is 32.5 Å². The van der Waals surface area contributed by atoms with E-state index in [9.17, 15) is 0 Å². The van der Waals surface area contributed by atoms with Crippen molar-refractivity contribution in [3.05, 3.63) is 35.4 Å². The van der Waals surface area contributed by atoms with Crippen LogP contribution in [0.25, 0.3) is 0 Å². The molecule has 0 saturated carbocycles. The van der Waals surface area contributed by atoms with E-state index in [2.05, 4.69) is 48.5 Å². The summed E-state index contributed by atoms with van der Waals surface area (Å²) < 4.78 is 0. The van der Waals surface area contributed by atoms with Crippen molar-refractivity contribution in [2.24, 2.45) is 5.73 Å². The molecule has 1 aliphatic rings. The third-order valence-corrected chi connectivity index (χ3v) is 3.99. The first-order valence-corrected chi connectivity index (χ1v) is 6.96. The Kier molecular flexibility index (Phi) is 4.75. The monoisotopic (exact) mass is 247 g/mol. The van der Waals surface area contributed by atoms with E-state index in [0.29, 0.717) is 6.04 Å². The van der Waals surface area contributed by atoms with Crippen LogP contribution < -0.4 is 11.1 Å². The van der Waals surface area contributed by atoms with Crippen LogP contribution in [-0.2, 0) is 6.42 Å². The average Bonchev–Trinajstić information content (AvgIpc) is 2.41. The van der Waals surface area contributed by atoms with Crippen molar-refractivity contribution in [3.63, 3.8) is 0 Å². The number of nitrogens with two attached hydrogens (primary N) is 1. The lowest BCUT2D eigenvalue weighted by atomic mass is 9.97. The van der Waals surface area contributed by atoms with Gasteiger partial charge in [-0.15, -0.1) is 0 Å². The van der Waals surface area contributed by atoms with Gasteiger partial charge in [0.15, 0.2) is 0 Å². The van der Waals surface area contributed by atoms with Crippen molar-refractivity contribution < 1.29 is 0 Å². The maximum atomic E-state index is 6.33. The van der Waals surface area contributed by atoms with E-state index in [1.54, 1.807) is 0 Å². The Labute approximate surface area is 110 Å². The SMILES string of the molecule is CCc1ccc(C(N)CC2CNCCN2C)cc1. The number of rotatable bonds is 4. The van der Waals surface area contributed by atoms with Crippen molar-refractivity contribution >= 4 is 0 Å². The summed E-state index contributed by atoms with van der Waals surface area (Å²) in [5.74, 6) is 0. The zero-order valence-electron chi connectivity index (χ0n) is 11.5. The number of hydrogen-bond acceptors (Lipinski definition) is 3. The van der Waals surface area contributed by atoms with Gasteiger partial charge in [0.2, 0.25) is 0 Å². The van der Waals surface area contributed by atoms with Gasteiger partial charge in [-0.25, -0.2) is 0 Å². The first-order valence-electron chi connectivity index (χ1n) is 6.96. The molecule has 2 atom stereocenters. The van der Waals surface area contributed by atoms with E-state index in [1.165, 1.54) is 11.1 Å². The molecule has 1 aromatic rings. The van der Waals surface area contributed by atoms with Gasteiger partial charge in [0, 0.05) is 31.7 Å². The summed E-state index contributed by atoms with van der Waals surface area (Å²) in [4.78, 5) is 2.41. The molecule has 1 saturated heterocycles. The highest BCUT2D eigenvalue weighted by Crippen LogP contribution is 2.19. The lowest BCUT2D eigenvalue weighted by Crippen LogP contribution is -2.50. The Morgan fingerprint density at radius 2 is 2.11 bits per heavy atom. The zero-order chi connectivity index (χ0) is 13.0. The second kappa shape index (κ2) is 6.32. The summed E-state index contributed by atoms with van der Waals surface area (Å²) in [6.07, 6.45) is 2.11. The minimum atomic E-state index is 0.142. The van der Waals surface area contributed by atoms with E-state index in [4.69, 9.17) is 5.73 Å². The molecular weight excluding hydrogens is 222 g/mol. The Morgan fingerprint density at radius 1 is 1.39 bits per heavy atom. The van der Waals surface area contributed by atoms with Crippen molar-refractivity contribution in [3.8, 4) is 0 Å². The first kappa shape index (κ1) is 13.5. The quantitative estimate of drug-likeness (QED) is 0.848. The fourth-order valence-corrected chi connectivity index (χ4v) is 2.56. The Hall–Kier alpha value is -0.900. The first-order chi connectivity index (χ1) is 8.70. The Morgan fingerprint density at radius 3 is 2.72 bits per heavy atom. The number of likely N-dealkylation sites (N-methyl/N-ethyl adjacent to an activating group) is 1. The summed E-state index contributed by atoms with van der Waals surface area (Å²) in [6.45, 7) is 5.44. The molecule has 1 aromatic carbocycles. The lowest BCUT2D eigenvalue weighted by molar-refractivity contribution is 0.182. The third-order valence-electron chi connectivity index (χ3n) is 3.99. The van der Waals surface area contributed by atoms with Crippen LogP contribution in [0, 0.1) is 0 Å². The third kappa shape index (κ3) is 3.31. The number of nitrogens with one attached hydrogen (secondary N) is 1. The fraction of sp³-hybridized carbons (Fsp3) is 0.600. The van der Waals surface area contributed by atoms with Crippen molar-refractivity contribution in [1.82, 2.24) is 10.2 Å². The van der Waals surface area contributed by atoms with Gasteiger partial charge < -0.3 is 16.0 Å². The van der Waals surface area contributed by atoms with Gasteiger partial charge in [0.25, 0.3) is 0 Å². The number of nitrogens with zero attached hydrogens (tertiary/aromatic N) is 1. The molecule has 0 spiro atoms. The number of hydrogen-bond donors (Lipinski definition) is 2. The van der Waals surface area contributed by atoms with Crippen LogP contribution in [0.2, 0.25) is 0 Å². The topological polar surface area (TPSA) is 41.3 Å². The van der Waals surface area contributed by atoms with E-state index >= 15 is 0 Å². The average molecular weight is 247 g/mol.